The lowest BCUT2D eigenvalue weighted by Gasteiger charge is -2.21. The van der Waals surface area contributed by atoms with Gasteiger partial charge in [-0.25, -0.2) is 4.79 Å². The third-order valence-electron chi connectivity index (χ3n) is 2.62. The van der Waals surface area contributed by atoms with Crippen LogP contribution >= 0.6 is 0 Å². The predicted molar refractivity (Wildman–Crippen MR) is 64.3 cm³/mol. The molecule has 0 aliphatic heterocycles. The lowest BCUT2D eigenvalue weighted by Crippen LogP contribution is -2.15. The van der Waals surface area contributed by atoms with Gasteiger partial charge in [-0.2, -0.15) is 0 Å². The molecule has 17 heavy (non-hydrogen) atoms. The minimum atomic E-state index is -1.56. The first kappa shape index (κ1) is 13.5. The average molecular weight is 238 g/mol. The van der Waals surface area contributed by atoms with Crippen molar-refractivity contribution in [3.05, 3.63) is 29.3 Å². The maximum Gasteiger partial charge on any atom is 0.337 e. The van der Waals surface area contributed by atoms with Crippen LogP contribution in [0.2, 0.25) is 0 Å². The van der Waals surface area contributed by atoms with Crippen LogP contribution in [0.25, 0.3) is 0 Å². The van der Waals surface area contributed by atoms with Crippen molar-refractivity contribution in [3.63, 3.8) is 0 Å². The molecular formula is C13H18O4. The molecule has 1 aromatic rings. The maximum absolute atomic E-state index is 10.8. The first-order chi connectivity index (χ1) is 7.77. The van der Waals surface area contributed by atoms with Crippen molar-refractivity contribution in [2.24, 2.45) is 0 Å². The quantitative estimate of drug-likeness (QED) is 0.846. The Bertz CT molecular complexity index is 418. The number of ether oxygens (including phenoxy) is 1. The normalized spacial score (nSPS) is 13.2. The van der Waals surface area contributed by atoms with E-state index in [1.54, 1.807) is 12.1 Å². The summed E-state index contributed by atoms with van der Waals surface area (Å²) in [6.07, 6.45) is -1.56. The Morgan fingerprint density at radius 2 is 1.94 bits per heavy atom. The van der Waals surface area contributed by atoms with Gasteiger partial charge in [0.15, 0.2) is 6.10 Å². The summed E-state index contributed by atoms with van der Waals surface area (Å²) < 4.78 is 5.06. The lowest BCUT2D eigenvalue weighted by molar-refractivity contribution is -0.147. The number of benzene rings is 1. The molecule has 4 heteroatoms. The second kappa shape index (κ2) is 4.75. The molecular weight excluding hydrogens is 220 g/mol. The molecule has 1 rings (SSSR count). The van der Waals surface area contributed by atoms with Crippen molar-refractivity contribution in [2.75, 3.05) is 7.11 Å². The van der Waals surface area contributed by atoms with E-state index < -0.39 is 12.1 Å². The first-order valence-electron chi connectivity index (χ1n) is 5.36. The van der Waals surface area contributed by atoms with Gasteiger partial charge < -0.3 is 14.9 Å². The number of aliphatic carboxylic acids is 1. The van der Waals surface area contributed by atoms with Crippen LogP contribution in [0, 0.1) is 0 Å². The number of carboxylic acid groups (broad SMARTS) is 1. The summed E-state index contributed by atoms with van der Waals surface area (Å²) in [6, 6.07) is 5.23. The number of hydrogen-bond donors (Lipinski definition) is 2. The number of hydrogen-bond acceptors (Lipinski definition) is 3. The molecule has 0 heterocycles. The molecule has 1 aromatic carbocycles. The molecule has 0 saturated carbocycles. The van der Waals surface area contributed by atoms with E-state index in [2.05, 4.69) is 0 Å². The third kappa shape index (κ3) is 2.97. The Morgan fingerprint density at radius 1 is 1.35 bits per heavy atom. The molecule has 4 nitrogen and oxygen atoms in total. The van der Waals surface area contributed by atoms with Gasteiger partial charge in [-0.3, -0.25) is 0 Å². The van der Waals surface area contributed by atoms with Crippen molar-refractivity contribution >= 4 is 5.97 Å². The highest BCUT2D eigenvalue weighted by molar-refractivity contribution is 5.75. The fraction of sp³-hybridized carbons (Fsp3) is 0.462. The monoisotopic (exact) mass is 238 g/mol. The van der Waals surface area contributed by atoms with E-state index in [0.29, 0.717) is 5.75 Å². The van der Waals surface area contributed by atoms with Gasteiger partial charge in [0.25, 0.3) is 0 Å². The smallest absolute Gasteiger partial charge is 0.337 e. The van der Waals surface area contributed by atoms with Gasteiger partial charge >= 0.3 is 5.97 Å². The zero-order valence-electron chi connectivity index (χ0n) is 10.5. The molecule has 0 saturated heterocycles. The van der Waals surface area contributed by atoms with Gasteiger partial charge in [-0.05, 0) is 23.1 Å². The highest BCUT2D eigenvalue weighted by Gasteiger charge is 2.23. The first-order valence-corrected chi connectivity index (χ1v) is 5.36. The van der Waals surface area contributed by atoms with Crippen LogP contribution in [0.15, 0.2) is 18.2 Å². The molecule has 0 fully saturated rings. The average Bonchev–Trinajstić information content (AvgIpc) is 2.25. The summed E-state index contributed by atoms with van der Waals surface area (Å²) in [6.45, 7) is 6.06. The van der Waals surface area contributed by atoms with E-state index in [-0.39, 0.29) is 11.0 Å². The Kier molecular flexibility index (Phi) is 3.78. The number of rotatable bonds is 3. The summed E-state index contributed by atoms with van der Waals surface area (Å²) in [5.74, 6) is -0.901. The fourth-order valence-electron chi connectivity index (χ4n) is 1.55. The van der Waals surface area contributed by atoms with Gasteiger partial charge in [0.1, 0.15) is 5.75 Å². The Labute approximate surface area is 101 Å². The van der Waals surface area contributed by atoms with Crippen LogP contribution in [0.5, 0.6) is 5.75 Å². The summed E-state index contributed by atoms with van der Waals surface area (Å²) in [5, 5.41) is 18.5. The van der Waals surface area contributed by atoms with E-state index in [0.717, 1.165) is 5.56 Å². The maximum atomic E-state index is 10.8. The number of carboxylic acids is 1. The van der Waals surface area contributed by atoms with E-state index in [9.17, 15) is 9.90 Å². The molecule has 0 amide bonds. The second-order valence-electron chi connectivity index (χ2n) is 4.95. The molecule has 94 valence electrons. The summed E-state index contributed by atoms with van der Waals surface area (Å²) in [5.41, 5.74) is 1.13. The molecule has 0 spiro atoms. The van der Waals surface area contributed by atoms with E-state index in [1.807, 2.05) is 26.8 Å². The Hall–Kier alpha value is -1.55. The fourth-order valence-corrected chi connectivity index (χ4v) is 1.55. The van der Waals surface area contributed by atoms with Crippen LogP contribution in [-0.2, 0) is 10.2 Å². The topological polar surface area (TPSA) is 66.8 Å². The Balaban J connectivity index is 3.29. The van der Waals surface area contributed by atoms with E-state index in [4.69, 9.17) is 9.84 Å². The van der Waals surface area contributed by atoms with Crippen LogP contribution in [-0.4, -0.2) is 23.3 Å². The summed E-state index contributed by atoms with van der Waals surface area (Å²) >= 11 is 0. The molecule has 2 N–H and O–H groups in total. The van der Waals surface area contributed by atoms with Crippen molar-refractivity contribution in [1.29, 1.82) is 0 Å². The molecule has 0 radical (unpaired) electrons. The summed E-state index contributed by atoms with van der Waals surface area (Å²) in [4.78, 5) is 10.8. The number of methoxy groups -OCH3 is 1. The van der Waals surface area contributed by atoms with Crippen molar-refractivity contribution in [2.45, 2.75) is 32.3 Å². The van der Waals surface area contributed by atoms with E-state index >= 15 is 0 Å². The largest absolute Gasteiger partial charge is 0.496 e. The number of aliphatic hydroxyl groups is 1. The van der Waals surface area contributed by atoms with Gasteiger partial charge in [0.2, 0.25) is 0 Å². The highest BCUT2D eigenvalue weighted by Crippen LogP contribution is 2.31. The number of carbonyl (C=O) groups is 1. The standard InChI is InChI=1S/C13H18O4/c1-13(2,3)8-5-6-10(17-4)9(7-8)11(14)12(15)16/h5-7,11,14H,1-4H3,(H,15,16). The minimum Gasteiger partial charge on any atom is -0.496 e. The van der Waals surface area contributed by atoms with E-state index in [1.165, 1.54) is 7.11 Å². The van der Waals surface area contributed by atoms with Crippen molar-refractivity contribution in [1.82, 2.24) is 0 Å². The van der Waals surface area contributed by atoms with Gasteiger partial charge in [-0.1, -0.05) is 26.8 Å². The zero-order valence-corrected chi connectivity index (χ0v) is 10.5. The molecule has 0 bridgehead atoms. The minimum absolute atomic E-state index is 0.112. The lowest BCUT2D eigenvalue weighted by atomic mass is 9.85. The van der Waals surface area contributed by atoms with Gasteiger partial charge in [-0.15, -0.1) is 0 Å². The van der Waals surface area contributed by atoms with Gasteiger partial charge in [0.05, 0.1) is 7.11 Å². The van der Waals surface area contributed by atoms with Crippen molar-refractivity contribution < 1.29 is 19.7 Å². The molecule has 0 aromatic heterocycles. The molecule has 0 aliphatic rings. The SMILES string of the molecule is COc1ccc(C(C)(C)C)cc1C(O)C(=O)O. The highest BCUT2D eigenvalue weighted by atomic mass is 16.5. The van der Waals surface area contributed by atoms with Gasteiger partial charge in [0, 0.05) is 5.56 Å². The van der Waals surface area contributed by atoms with Crippen LogP contribution < -0.4 is 4.74 Å². The third-order valence-corrected chi connectivity index (χ3v) is 2.62. The molecule has 1 unspecified atom stereocenters. The Morgan fingerprint density at radius 3 is 2.35 bits per heavy atom. The van der Waals surface area contributed by atoms with Crippen molar-refractivity contribution in [3.8, 4) is 5.75 Å². The van der Waals surface area contributed by atoms with Crippen LogP contribution in [0.1, 0.15) is 38.0 Å². The zero-order chi connectivity index (χ0) is 13.2. The number of aliphatic hydroxyl groups excluding tert-OH is 1. The summed E-state index contributed by atoms with van der Waals surface area (Å²) in [7, 11) is 1.45. The van der Waals surface area contributed by atoms with Crippen LogP contribution in [0.3, 0.4) is 0 Å². The molecule has 1 atom stereocenters. The predicted octanol–water partition coefficient (Wildman–Crippen LogP) is 2.11. The second-order valence-corrected chi connectivity index (χ2v) is 4.95. The van der Waals surface area contributed by atoms with Crippen LogP contribution in [0.4, 0.5) is 0 Å². The molecule has 0 aliphatic carbocycles.